The number of hydrogen-bond acceptors (Lipinski definition) is 6. The highest BCUT2D eigenvalue weighted by Crippen LogP contribution is 2.38. The number of carbonyl (C=O) groups is 1. The Bertz CT molecular complexity index is 1390. The van der Waals surface area contributed by atoms with Gasteiger partial charge in [0.1, 0.15) is 29.3 Å². The Morgan fingerprint density at radius 3 is 3.06 bits per heavy atom. The minimum Gasteiger partial charge on any atom is -0.494 e. The van der Waals surface area contributed by atoms with Gasteiger partial charge in [-0.2, -0.15) is 10.2 Å². The molecule has 0 bridgehead atoms. The third-order valence-corrected chi connectivity index (χ3v) is 7.02. The molecule has 1 fully saturated rings. The van der Waals surface area contributed by atoms with E-state index in [9.17, 15) is 4.79 Å². The Kier molecular flexibility index (Phi) is 5.06. The van der Waals surface area contributed by atoms with Crippen LogP contribution in [0.15, 0.2) is 36.7 Å². The lowest BCUT2D eigenvalue weighted by Crippen LogP contribution is -2.31. The molecule has 1 aromatic carbocycles. The number of aryl methyl sites for hydroxylation is 1. The summed E-state index contributed by atoms with van der Waals surface area (Å²) < 4.78 is 7.60. The maximum absolute atomic E-state index is 11.8. The largest absolute Gasteiger partial charge is 0.494 e. The molecule has 0 radical (unpaired) electrons. The number of carbonyl (C=O) groups excluding carboxylic acids is 1. The molecule has 1 unspecified atom stereocenters. The molecule has 1 amide bonds. The van der Waals surface area contributed by atoms with Crippen LogP contribution in [0, 0.1) is 0 Å². The number of H-pyrrole nitrogens is 1. The summed E-state index contributed by atoms with van der Waals surface area (Å²) in [4.78, 5) is 18.5. The molecule has 9 nitrogen and oxygen atoms in total. The lowest BCUT2D eigenvalue weighted by atomic mass is 9.99. The maximum Gasteiger partial charge on any atom is 0.248 e. The van der Waals surface area contributed by atoms with Crippen molar-refractivity contribution in [3.05, 3.63) is 47.8 Å². The zero-order chi connectivity index (χ0) is 23.2. The van der Waals surface area contributed by atoms with Gasteiger partial charge in [0.05, 0.1) is 24.9 Å². The normalized spacial score (nSPS) is 17.5. The molecule has 9 heteroatoms. The monoisotopic (exact) mass is 458 g/mol. The highest BCUT2D eigenvalue weighted by Gasteiger charge is 2.28. The Hall–Kier alpha value is -3.72. The average Bonchev–Trinajstić information content (AvgIpc) is 3.66. The van der Waals surface area contributed by atoms with E-state index >= 15 is 0 Å². The minimum absolute atomic E-state index is 0.0741. The minimum atomic E-state index is -0.460. The molecule has 4 aromatic rings. The number of methoxy groups -OCH3 is 1. The number of hydrogen-bond donors (Lipinski definition) is 2. The molecule has 2 aliphatic rings. The predicted molar refractivity (Wildman–Crippen MR) is 126 cm³/mol. The second-order valence-corrected chi connectivity index (χ2v) is 8.95. The van der Waals surface area contributed by atoms with Gasteiger partial charge in [-0.3, -0.25) is 14.6 Å². The van der Waals surface area contributed by atoms with E-state index in [1.54, 1.807) is 18.2 Å². The van der Waals surface area contributed by atoms with E-state index in [1.807, 2.05) is 16.9 Å². The van der Waals surface area contributed by atoms with E-state index in [0.717, 1.165) is 65.0 Å². The van der Waals surface area contributed by atoms with Crippen LogP contribution in [-0.2, 0) is 17.6 Å². The first-order valence-electron chi connectivity index (χ1n) is 11.6. The van der Waals surface area contributed by atoms with Crippen LogP contribution in [0.3, 0.4) is 0 Å². The Labute approximate surface area is 196 Å². The summed E-state index contributed by atoms with van der Waals surface area (Å²) in [5, 5.41) is 21.3. The number of aromatic nitrogens is 5. The van der Waals surface area contributed by atoms with Crippen LogP contribution in [0.2, 0.25) is 0 Å². The molecule has 1 aliphatic heterocycles. The van der Waals surface area contributed by atoms with Crippen molar-refractivity contribution in [2.24, 2.45) is 0 Å². The number of nitrogens with one attached hydrogen (secondary N) is 1. The van der Waals surface area contributed by atoms with Crippen molar-refractivity contribution in [3.8, 4) is 28.3 Å². The van der Waals surface area contributed by atoms with Crippen molar-refractivity contribution in [2.75, 3.05) is 26.8 Å². The standard InChI is InChI=1S/C25H26N6O3/c1-34-21-10-20-25(27-24(21)19-7-3-5-15-4-2-6-18(15)19)23(29-28-20)16-11-26-31(12-16)17-8-9-30(13-17)22(33)14-32/h3,5,7,10-12,17,32H,2,4,6,8-9,13-14H2,1H3,(H,28,29). The zero-order valence-electron chi connectivity index (χ0n) is 19.0. The number of aliphatic hydroxyl groups excluding tert-OH is 1. The number of amides is 1. The number of likely N-dealkylation sites (tertiary alicyclic amines) is 1. The van der Waals surface area contributed by atoms with Gasteiger partial charge in [-0.05, 0) is 36.8 Å². The fourth-order valence-electron chi connectivity index (χ4n) is 5.27. The van der Waals surface area contributed by atoms with Gasteiger partial charge in [0, 0.05) is 36.5 Å². The predicted octanol–water partition coefficient (Wildman–Crippen LogP) is 2.75. The van der Waals surface area contributed by atoms with E-state index < -0.39 is 6.61 Å². The maximum atomic E-state index is 11.8. The first kappa shape index (κ1) is 20.9. The van der Waals surface area contributed by atoms with Gasteiger partial charge in [-0.1, -0.05) is 18.2 Å². The lowest BCUT2D eigenvalue weighted by Gasteiger charge is -2.15. The third kappa shape index (κ3) is 3.35. The molecular weight excluding hydrogens is 432 g/mol. The van der Waals surface area contributed by atoms with Crippen molar-refractivity contribution < 1.29 is 14.6 Å². The second-order valence-electron chi connectivity index (χ2n) is 8.95. The van der Waals surface area contributed by atoms with Crippen LogP contribution in [0.4, 0.5) is 0 Å². The van der Waals surface area contributed by atoms with Crippen LogP contribution < -0.4 is 4.74 Å². The lowest BCUT2D eigenvalue weighted by molar-refractivity contribution is -0.133. The van der Waals surface area contributed by atoms with Crippen molar-refractivity contribution in [1.82, 2.24) is 29.9 Å². The van der Waals surface area contributed by atoms with E-state index in [0.29, 0.717) is 13.1 Å². The molecule has 0 saturated carbocycles. The fourth-order valence-corrected chi connectivity index (χ4v) is 5.27. The number of aliphatic hydroxyl groups is 1. The van der Waals surface area contributed by atoms with Crippen LogP contribution >= 0.6 is 0 Å². The summed E-state index contributed by atoms with van der Waals surface area (Å²) in [5.74, 6) is 0.476. The topological polar surface area (TPSA) is 109 Å². The highest BCUT2D eigenvalue weighted by molar-refractivity contribution is 5.92. The molecular formula is C25H26N6O3. The molecule has 6 rings (SSSR count). The first-order valence-corrected chi connectivity index (χ1v) is 11.6. The SMILES string of the molecule is COc1cc2[nH]nc(-c3cnn(C4CCN(C(=O)CO)C4)c3)c2nc1-c1cccc2c1CCC2. The van der Waals surface area contributed by atoms with Gasteiger partial charge in [-0.15, -0.1) is 0 Å². The molecule has 34 heavy (non-hydrogen) atoms. The van der Waals surface area contributed by atoms with Crippen molar-refractivity contribution in [2.45, 2.75) is 31.7 Å². The molecule has 3 aromatic heterocycles. The van der Waals surface area contributed by atoms with Crippen LogP contribution in [0.25, 0.3) is 33.5 Å². The van der Waals surface area contributed by atoms with E-state index in [2.05, 4.69) is 33.5 Å². The van der Waals surface area contributed by atoms with Crippen LogP contribution in [-0.4, -0.2) is 67.7 Å². The number of aromatic amines is 1. The molecule has 1 aliphatic carbocycles. The summed E-state index contributed by atoms with van der Waals surface area (Å²) in [6.07, 6.45) is 7.86. The van der Waals surface area contributed by atoms with Crippen molar-refractivity contribution in [1.29, 1.82) is 0 Å². The summed E-state index contributed by atoms with van der Waals surface area (Å²) >= 11 is 0. The molecule has 1 atom stereocenters. The van der Waals surface area contributed by atoms with Gasteiger partial charge in [0.2, 0.25) is 5.91 Å². The molecule has 0 spiro atoms. The van der Waals surface area contributed by atoms with E-state index in [4.69, 9.17) is 14.8 Å². The summed E-state index contributed by atoms with van der Waals surface area (Å²) in [6.45, 7) is 0.704. The highest BCUT2D eigenvalue weighted by atomic mass is 16.5. The number of pyridine rings is 1. The van der Waals surface area contributed by atoms with Crippen LogP contribution in [0.5, 0.6) is 5.75 Å². The van der Waals surface area contributed by atoms with Gasteiger partial charge in [0.25, 0.3) is 0 Å². The Morgan fingerprint density at radius 1 is 1.29 bits per heavy atom. The summed E-state index contributed by atoms with van der Waals surface area (Å²) in [5.41, 5.74) is 7.87. The quantitative estimate of drug-likeness (QED) is 0.476. The van der Waals surface area contributed by atoms with Crippen molar-refractivity contribution in [3.63, 3.8) is 0 Å². The van der Waals surface area contributed by atoms with Gasteiger partial charge in [-0.25, -0.2) is 4.98 Å². The number of benzene rings is 1. The number of rotatable bonds is 5. The smallest absolute Gasteiger partial charge is 0.248 e. The first-order chi connectivity index (χ1) is 16.7. The van der Waals surface area contributed by atoms with E-state index in [1.165, 1.54) is 11.1 Å². The molecule has 174 valence electrons. The van der Waals surface area contributed by atoms with Gasteiger partial charge >= 0.3 is 0 Å². The third-order valence-electron chi connectivity index (χ3n) is 7.02. The Balaban J connectivity index is 1.38. The molecule has 4 heterocycles. The summed E-state index contributed by atoms with van der Waals surface area (Å²) in [6, 6.07) is 8.45. The zero-order valence-corrected chi connectivity index (χ0v) is 19.0. The van der Waals surface area contributed by atoms with Gasteiger partial charge in [0.15, 0.2) is 0 Å². The number of fused-ring (bicyclic) bond motifs is 2. The van der Waals surface area contributed by atoms with E-state index in [-0.39, 0.29) is 11.9 Å². The fraction of sp³-hybridized carbons (Fsp3) is 0.360. The van der Waals surface area contributed by atoms with Crippen molar-refractivity contribution >= 4 is 16.9 Å². The Morgan fingerprint density at radius 2 is 2.21 bits per heavy atom. The summed E-state index contributed by atoms with van der Waals surface area (Å²) in [7, 11) is 1.67. The molecule has 2 N–H and O–H groups in total. The number of ether oxygens (including phenoxy) is 1. The molecule has 1 saturated heterocycles. The second kappa shape index (κ2) is 8.25. The van der Waals surface area contributed by atoms with Gasteiger partial charge < -0.3 is 14.7 Å². The number of nitrogens with zero attached hydrogens (tertiary/aromatic N) is 5. The average molecular weight is 459 g/mol. The van der Waals surface area contributed by atoms with Crippen LogP contribution in [0.1, 0.15) is 30.0 Å².